The number of carbonyl (C=O) groups excluding carboxylic acids is 5. The van der Waals surface area contributed by atoms with Crippen LogP contribution in [0.4, 0.5) is 0 Å². The molecule has 1 aliphatic heterocycles. The number of nitrogens with one attached hydrogen (secondary N) is 4. The van der Waals surface area contributed by atoms with Crippen LogP contribution < -0.4 is 21.3 Å². The number of aryl methyl sites for hydroxylation is 1. The van der Waals surface area contributed by atoms with E-state index in [0.29, 0.717) is 23.0 Å². The van der Waals surface area contributed by atoms with Crippen LogP contribution in [-0.2, 0) is 36.7 Å². The zero-order valence-corrected chi connectivity index (χ0v) is 41.5. The lowest BCUT2D eigenvalue weighted by atomic mass is 9.40. The van der Waals surface area contributed by atoms with Crippen molar-refractivity contribution in [1.82, 2.24) is 26.2 Å². The lowest BCUT2D eigenvalue weighted by Gasteiger charge is -2.66. The van der Waals surface area contributed by atoms with Crippen LogP contribution in [0.1, 0.15) is 114 Å². The van der Waals surface area contributed by atoms with Crippen molar-refractivity contribution in [3.63, 3.8) is 0 Å². The average Bonchev–Trinajstić information content (AvgIpc) is 3.33. The molecule has 0 aromatic heterocycles. The minimum atomic E-state index is -1.34. The number of phenolic OH excluding ortho intramolecular Hbond substituents is 2. The number of benzene rings is 4. The highest BCUT2D eigenvalue weighted by molar-refractivity contribution is 6.54. The Morgan fingerprint density at radius 2 is 1.51 bits per heavy atom. The van der Waals surface area contributed by atoms with E-state index < -0.39 is 54.7 Å². The molecule has 4 aliphatic rings. The predicted octanol–water partition coefficient (Wildman–Crippen LogP) is 7.79. The standard InChI is InChI=1S/C55H70BN5O8/c1-9-11-12-34-13-16-36(17-14-34)37-18-20-38(21-19-37)51(66)58-31-49(65)61(8)50-39-22-24-45(63)42(27-39)41-25-35(15-23-44(41)62)26-43(60-48(64)30-57-53(50)68)52(67)59-32-56(33(3)10-2)69-47-29-40-28-46(54(40,4)5)55(47,6)7/h13-25,27,33,40,43,46-47,50,62-63H,9-12,26,28-32H2,1-8H3,(H,57,68)(H,58,66)(H,59,67)(H,60,64)/t33?,40?,43?,46-,47+,50?/m0/s1. The molecule has 366 valence electrons. The predicted molar refractivity (Wildman–Crippen MR) is 269 cm³/mol. The van der Waals surface area contributed by atoms with E-state index in [1.54, 1.807) is 24.3 Å². The first-order valence-corrected chi connectivity index (χ1v) is 24.7. The molecular weight excluding hydrogens is 869 g/mol. The smallest absolute Gasteiger partial charge is 0.315 e. The molecule has 3 saturated carbocycles. The summed E-state index contributed by atoms with van der Waals surface area (Å²) >= 11 is 0. The number of nitrogens with zero attached hydrogens (tertiary/aromatic N) is 1. The first-order chi connectivity index (χ1) is 32.8. The molecule has 4 unspecified atom stereocenters. The molecule has 6 N–H and O–H groups in total. The van der Waals surface area contributed by atoms with Gasteiger partial charge in [0.1, 0.15) is 23.6 Å². The van der Waals surface area contributed by atoms with Crippen molar-refractivity contribution < 1.29 is 38.8 Å². The number of unbranched alkanes of at least 4 members (excludes halogenated alkanes) is 1. The molecule has 0 spiro atoms. The fourth-order valence-corrected chi connectivity index (χ4v) is 10.8. The lowest BCUT2D eigenvalue weighted by molar-refractivity contribution is -0.194. The topological polar surface area (TPSA) is 186 Å². The Labute approximate surface area is 407 Å². The molecule has 13 nitrogen and oxygen atoms in total. The van der Waals surface area contributed by atoms with E-state index in [1.807, 2.05) is 12.1 Å². The Hall–Kier alpha value is -6.15. The van der Waals surface area contributed by atoms with Crippen molar-refractivity contribution >= 4 is 36.5 Å². The molecule has 4 aromatic carbocycles. The van der Waals surface area contributed by atoms with Crippen LogP contribution in [0, 0.1) is 22.7 Å². The van der Waals surface area contributed by atoms with Crippen LogP contribution in [0.2, 0.25) is 5.82 Å². The molecule has 3 fully saturated rings. The van der Waals surface area contributed by atoms with Gasteiger partial charge in [-0.15, -0.1) is 0 Å². The number of amides is 5. The minimum Gasteiger partial charge on any atom is -0.507 e. The summed E-state index contributed by atoms with van der Waals surface area (Å²) in [6.07, 6.45) is 6.60. The Morgan fingerprint density at radius 1 is 0.855 bits per heavy atom. The summed E-state index contributed by atoms with van der Waals surface area (Å²) in [7, 11) is 1.41. The number of rotatable bonds is 15. The van der Waals surface area contributed by atoms with Crippen molar-refractivity contribution in [3.8, 4) is 33.8 Å². The van der Waals surface area contributed by atoms with E-state index >= 15 is 0 Å². The van der Waals surface area contributed by atoms with Crippen LogP contribution in [0.3, 0.4) is 0 Å². The monoisotopic (exact) mass is 940 g/mol. The first-order valence-electron chi connectivity index (χ1n) is 24.7. The Kier molecular flexibility index (Phi) is 15.6. The van der Waals surface area contributed by atoms with Crippen LogP contribution >= 0.6 is 0 Å². The quantitative estimate of drug-likeness (QED) is 0.0653. The number of phenols is 2. The average molecular weight is 940 g/mol. The van der Waals surface area contributed by atoms with Gasteiger partial charge in [0.2, 0.25) is 23.6 Å². The van der Waals surface area contributed by atoms with Gasteiger partial charge in [0.25, 0.3) is 5.91 Å². The molecule has 6 atom stereocenters. The molecule has 0 saturated heterocycles. The van der Waals surface area contributed by atoms with Crippen molar-refractivity contribution in [3.05, 3.63) is 107 Å². The molecule has 1 heterocycles. The number of hydrogen-bond acceptors (Lipinski definition) is 8. The SMILES string of the molecule is CCCCc1ccc(-c2ccc(C(=O)NCC(=O)N(C)C3C(=O)NCC(=O)NC(C(=O)NCB(O[C@@H]4CC5C[C@@H](C5(C)C)C4(C)C)C(C)CC)Cc4ccc(O)c(c4)-c4cc3ccc4O)cc2)cc1. The molecule has 8 rings (SSSR count). The van der Waals surface area contributed by atoms with Crippen molar-refractivity contribution in [2.45, 2.75) is 117 Å². The Balaban J connectivity index is 1.05. The highest BCUT2D eigenvalue weighted by Crippen LogP contribution is 2.66. The molecule has 69 heavy (non-hydrogen) atoms. The molecule has 3 aliphatic carbocycles. The van der Waals surface area contributed by atoms with Gasteiger partial charge in [0.15, 0.2) is 0 Å². The van der Waals surface area contributed by atoms with E-state index in [1.165, 1.54) is 43.3 Å². The normalized spacial score (nSPS) is 21.8. The molecule has 4 aromatic rings. The molecule has 5 amide bonds. The van der Waals surface area contributed by atoms with Gasteiger partial charge in [0.05, 0.1) is 13.1 Å². The molecular formula is C55H70BN5O8. The maximum atomic E-state index is 14.2. The van der Waals surface area contributed by atoms with Crippen LogP contribution in [0.5, 0.6) is 11.5 Å². The second-order valence-electron chi connectivity index (χ2n) is 20.8. The molecule has 6 bridgehead atoms. The first kappa shape index (κ1) is 50.7. The third-order valence-corrected chi connectivity index (χ3v) is 15.7. The van der Waals surface area contributed by atoms with Crippen LogP contribution in [-0.4, -0.2) is 90.3 Å². The van der Waals surface area contributed by atoms with Gasteiger partial charge < -0.3 is 41.0 Å². The summed E-state index contributed by atoms with van der Waals surface area (Å²) in [5.41, 5.74) is 5.07. The number of likely N-dealkylation sites (N-methyl/N-ethyl adjacent to an activating group) is 1. The number of fused-ring (bicyclic) bond motifs is 7. The second-order valence-corrected chi connectivity index (χ2v) is 20.8. The van der Waals surface area contributed by atoms with E-state index in [-0.39, 0.29) is 70.7 Å². The molecule has 0 radical (unpaired) electrons. The van der Waals surface area contributed by atoms with Crippen molar-refractivity contribution in [2.75, 3.05) is 26.6 Å². The number of carbonyl (C=O) groups is 5. The maximum Gasteiger partial charge on any atom is 0.315 e. The number of hydrogen-bond donors (Lipinski definition) is 6. The zero-order chi connectivity index (χ0) is 49.8. The zero-order valence-electron chi connectivity index (χ0n) is 41.5. The van der Waals surface area contributed by atoms with Gasteiger partial charge in [-0.05, 0) is 118 Å². The van der Waals surface area contributed by atoms with Gasteiger partial charge in [-0.3, -0.25) is 24.0 Å². The summed E-state index contributed by atoms with van der Waals surface area (Å²) in [5, 5.41) is 33.5. The van der Waals surface area contributed by atoms with Gasteiger partial charge in [-0.2, -0.15) is 0 Å². The largest absolute Gasteiger partial charge is 0.507 e. The van der Waals surface area contributed by atoms with Gasteiger partial charge in [-0.25, -0.2) is 0 Å². The van der Waals surface area contributed by atoms with Crippen molar-refractivity contribution in [2.24, 2.45) is 22.7 Å². The van der Waals surface area contributed by atoms with Crippen molar-refractivity contribution in [1.29, 1.82) is 0 Å². The Morgan fingerprint density at radius 3 is 2.14 bits per heavy atom. The fourth-order valence-electron chi connectivity index (χ4n) is 10.8. The minimum absolute atomic E-state index is 0.0327. The summed E-state index contributed by atoms with van der Waals surface area (Å²) in [5.74, 6) is -2.01. The van der Waals surface area contributed by atoms with Gasteiger partial charge >= 0.3 is 6.92 Å². The van der Waals surface area contributed by atoms with E-state index in [4.69, 9.17) is 4.65 Å². The van der Waals surface area contributed by atoms with E-state index in [2.05, 4.69) is 94.0 Å². The van der Waals surface area contributed by atoms with E-state index in [9.17, 15) is 34.2 Å². The highest BCUT2D eigenvalue weighted by Gasteiger charge is 2.62. The second kappa shape index (κ2) is 21.2. The van der Waals surface area contributed by atoms with Crippen LogP contribution in [0.15, 0.2) is 84.9 Å². The summed E-state index contributed by atoms with van der Waals surface area (Å²) in [6.45, 7) is 14.5. The van der Waals surface area contributed by atoms with Gasteiger partial charge in [-0.1, -0.05) is 110 Å². The lowest BCUT2D eigenvalue weighted by Crippen LogP contribution is -2.63. The Bertz CT molecular complexity index is 2530. The third-order valence-electron chi connectivity index (χ3n) is 15.7. The summed E-state index contributed by atoms with van der Waals surface area (Å²) in [6, 6.07) is 22.1. The fraction of sp³-hybridized carbons (Fsp3) is 0.473. The van der Waals surface area contributed by atoms with Gasteiger partial charge in [0, 0.05) is 42.7 Å². The summed E-state index contributed by atoms with van der Waals surface area (Å²) in [4.78, 5) is 70.3. The summed E-state index contributed by atoms with van der Waals surface area (Å²) < 4.78 is 6.91. The molecule has 14 heteroatoms. The highest BCUT2D eigenvalue weighted by atomic mass is 16.4. The third kappa shape index (κ3) is 11.2. The van der Waals surface area contributed by atoms with Crippen LogP contribution in [0.25, 0.3) is 22.3 Å². The van der Waals surface area contributed by atoms with E-state index in [0.717, 1.165) is 48.1 Å². The maximum absolute atomic E-state index is 14.2. The number of aromatic hydroxyl groups is 2.